The second kappa shape index (κ2) is 5.96. The maximum atomic E-state index is 12.7. The van der Waals surface area contributed by atoms with Gasteiger partial charge in [-0.15, -0.1) is 0 Å². The number of allylic oxidation sites excluding steroid dienone is 1. The van der Waals surface area contributed by atoms with Crippen LogP contribution >= 0.6 is 0 Å². The molecule has 2 aromatic carbocycles. The van der Waals surface area contributed by atoms with Crippen LogP contribution in [0.4, 0.5) is 0 Å². The lowest BCUT2D eigenvalue weighted by molar-refractivity contribution is 0.103. The Hall–Kier alpha value is -2.35. The van der Waals surface area contributed by atoms with Gasteiger partial charge in [0.15, 0.2) is 5.78 Å². The van der Waals surface area contributed by atoms with Crippen LogP contribution in [0.5, 0.6) is 5.75 Å². The smallest absolute Gasteiger partial charge is 0.189 e. The number of carbonyl (C=O) groups excluding carboxylic acids is 1. The Morgan fingerprint density at radius 3 is 2.62 bits per heavy atom. The SMILES string of the molecule is COc1ccccc1/C=C1\CCCc2ccccc2C1=O. The summed E-state index contributed by atoms with van der Waals surface area (Å²) in [7, 11) is 1.65. The van der Waals surface area contributed by atoms with Gasteiger partial charge in [0.2, 0.25) is 0 Å². The molecule has 0 aliphatic heterocycles. The first-order chi connectivity index (χ1) is 10.3. The highest BCUT2D eigenvalue weighted by atomic mass is 16.5. The summed E-state index contributed by atoms with van der Waals surface area (Å²) >= 11 is 0. The van der Waals surface area contributed by atoms with Crippen LogP contribution in [0.1, 0.15) is 34.3 Å². The van der Waals surface area contributed by atoms with Gasteiger partial charge < -0.3 is 4.74 Å². The first kappa shape index (κ1) is 13.6. The lowest BCUT2D eigenvalue weighted by Crippen LogP contribution is -2.03. The van der Waals surface area contributed by atoms with Crippen molar-refractivity contribution in [2.24, 2.45) is 0 Å². The second-order valence-electron chi connectivity index (χ2n) is 5.25. The molecule has 0 heterocycles. The molecule has 0 N–H and O–H groups in total. The molecule has 0 amide bonds. The van der Waals surface area contributed by atoms with Gasteiger partial charge in [-0.1, -0.05) is 42.5 Å². The summed E-state index contributed by atoms with van der Waals surface area (Å²) in [6, 6.07) is 15.7. The molecule has 2 nitrogen and oxygen atoms in total. The van der Waals surface area contributed by atoms with Gasteiger partial charge in [0.1, 0.15) is 5.75 Å². The summed E-state index contributed by atoms with van der Waals surface area (Å²) in [5.41, 5.74) is 3.83. The molecular formula is C19H18O2. The van der Waals surface area contributed by atoms with Gasteiger partial charge in [-0.25, -0.2) is 0 Å². The van der Waals surface area contributed by atoms with Crippen LogP contribution in [-0.4, -0.2) is 12.9 Å². The van der Waals surface area contributed by atoms with E-state index in [1.54, 1.807) is 7.11 Å². The standard InChI is InChI=1S/C19H18O2/c1-21-18-12-5-3-8-15(18)13-16-10-6-9-14-7-2-4-11-17(14)19(16)20/h2-5,7-8,11-13H,6,9-10H2,1H3/b16-13+. The highest BCUT2D eigenvalue weighted by Gasteiger charge is 2.19. The molecule has 0 saturated heterocycles. The zero-order chi connectivity index (χ0) is 14.7. The van der Waals surface area contributed by atoms with E-state index < -0.39 is 0 Å². The predicted octanol–water partition coefficient (Wildman–Crippen LogP) is 4.30. The van der Waals surface area contributed by atoms with Crippen LogP contribution in [0.2, 0.25) is 0 Å². The van der Waals surface area contributed by atoms with Crippen LogP contribution in [0.25, 0.3) is 6.08 Å². The Bertz CT molecular complexity index is 698. The molecule has 0 aromatic heterocycles. The van der Waals surface area contributed by atoms with E-state index in [0.29, 0.717) is 0 Å². The molecular weight excluding hydrogens is 260 g/mol. The van der Waals surface area contributed by atoms with Crippen LogP contribution in [0, 0.1) is 0 Å². The van der Waals surface area contributed by atoms with Crippen molar-refractivity contribution in [3.8, 4) is 5.75 Å². The number of ether oxygens (including phenoxy) is 1. The van der Waals surface area contributed by atoms with Crippen molar-refractivity contribution in [2.45, 2.75) is 19.3 Å². The van der Waals surface area contributed by atoms with E-state index in [4.69, 9.17) is 4.74 Å². The van der Waals surface area contributed by atoms with Gasteiger partial charge in [-0.3, -0.25) is 4.79 Å². The third-order valence-electron chi connectivity index (χ3n) is 3.91. The van der Waals surface area contributed by atoms with Gasteiger partial charge in [-0.2, -0.15) is 0 Å². The molecule has 3 rings (SSSR count). The van der Waals surface area contributed by atoms with Gasteiger partial charge >= 0.3 is 0 Å². The number of methoxy groups -OCH3 is 1. The number of ketones is 1. The number of Topliss-reactive ketones (excluding diaryl/α,β-unsaturated/α-hetero) is 1. The fourth-order valence-electron chi connectivity index (χ4n) is 2.83. The summed E-state index contributed by atoms with van der Waals surface area (Å²) in [5.74, 6) is 0.948. The van der Waals surface area contributed by atoms with Crippen molar-refractivity contribution < 1.29 is 9.53 Å². The topological polar surface area (TPSA) is 26.3 Å². The first-order valence-corrected chi connectivity index (χ1v) is 7.26. The monoisotopic (exact) mass is 278 g/mol. The van der Waals surface area contributed by atoms with Crippen molar-refractivity contribution in [3.05, 3.63) is 70.8 Å². The molecule has 0 spiro atoms. The van der Waals surface area contributed by atoms with Gasteiger partial charge in [0.25, 0.3) is 0 Å². The second-order valence-corrected chi connectivity index (χ2v) is 5.25. The quantitative estimate of drug-likeness (QED) is 0.605. The fraction of sp³-hybridized carbons (Fsp3) is 0.211. The number of rotatable bonds is 2. The Morgan fingerprint density at radius 2 is 1.76 bits per heavy atom. The van der Waals surface area contributed by atoms with Crippen molar-refractivity contribution in [3.63, 3.8) is 0 Å². The Morgan fingerprint density at radius 1 is 1.00 bits per heavy atom. The Kier molecular flexibility index (Phi) is 3.87. The first-order valence-electron chi connectivity index (χ1n) is 7.26. The van der Waals surface area contributed by atoms with E-state index in [2.05, 4.69) is 6.07 Å². The van der Waals surface area contributed by atoms with E-state index in [9.17, 15) is 4.79 Å². The number of hydrogen-bond acceptors (Lipinski definition) is 2. The molecule has 2 heteroatoms. The average molecular weight is 278 g/mol. The fourth-order valence-corrected chi connectivity index (χ4v) is 2.83. The molecule has 0 bridgehead atoms. The average Bonchev–Trinajstić information content (AvgIpc) is 2.68. The number of hydrogen-bond donors (Lipinski definition) is 0. The minimum atomic E-state index is 0.147. The Labute approximate surface area is 125 Å². The highest BCUT2D eigenvalue weighted by Crippen LogP contribution is 2.28. The molecule has 0 unspecified atom stereocenters. The zero-order valence-corrected chi connectivity index (χ0v) is 12.1. The molecule has 2 aromatic rings. The van der Waals surface area contributed by atoms with Crippen molar-refractivity contribution in [2.75, 3.05) is 7.11 Å². The normalized spacial score (nSPS) is 16.4. The lowest BCUT2D eigenvalue weighted by atomic mass is 9.98. The summed E-state index contributed by atoms with van der Waals surface area (Å²) in [6.07, 6.45) is 4.75. The van der Waals surface area contributed by atoms with Crippen LogP contribution in [-0.2, 0) is 6.42 Å². The van der Waals surface area contributed by atoms with Crippen molar-refractivity contribution >= 4 is 11.9 Å². The van der Waals surface area contributed by atoms with Gasteiger partial charge in [0, 0.05) is 16.7 Å². The van der Waals surface area contributed by atoms with Crippen LogP contribution in [0.3, 0.4) is 0 Å². The van der Waals surface area contributed by atoms with Gasteiger partial charge in [-0.05, 0) is 37.0 Å². The lowest BCUT2D eigenvalue weighted by Gasteiger charge is -2.07. The van der Waals surface area contributed by atoms with Crippen molar-refractivity contribution in [1.29, 1.82) is 0 Å². The Balaban J connectivity index is 2.03. The summed E-state index contributed by atoms with van der Waals surface area (Å²) in [6.45, 7) is 0. The van der Waals surface area contributed by atoms with Crippen LogP contribution < -0.4 is 4.74 Å². The maximum absolute atomic E-state index is 12.7. The predicted molar refractivity (Wildman–Crippen MR) is 84.7 cm³/mol. The molecule has 0 saturated carbocycles. The molecule has 21 heavy (non-hydrogen) atoms. The molecule has 0 fully saturated rings. The van der Waals surface area contributed by atoms with E-state index in [1.165, 1.54) is 0 Å². The van der Waals surface area contributed by atoms with E-state index >= 15 is 0 Å². The van der Waals surface area contributed by atoms with E-state index in [0.717, 1.165) is 47.3 Å². The number of aryl methyl sites for hydroxylation is 1. The molecule has 106 valence electrons. The van der Waals surface area contributed by atoms with E-state index in [-0.39, 0.29) is 5.78 Å². The van der Waals surface area contributed by atoms with Crippen LogP contribution in [0.15, 0.2) is 54.1 Å². The molecule has 0 radical (unpaired) electrons. The third-order valence-corrected chi connectivity index (χ3v) is 3.91. The molecule has 1 aliphatic carbocycles. The summed E-state index contributed by atoms with van der Waals surface area (Å²) in [5, 5.41) is 0. The number of fused-ring (bicyclic) bond motifs is 1. The summed E-state index contributed by atoms with van der Waals surface area (Å²) < 4.78 is 5.37. The highest BCUT2D eigenvalue weighted by molar-refractivity contribution is 6.12. The van der Waals surface area contributed by atoms with Gasteiger partial charge in [0.05, 0.1) is 7.11 Å². The number of para-hydroxylation sites is 1. The number of benzene rings is 2. The van der Waals surface area contributed by atoms with Crippen molar-refractivity contribution in [1.82, 2.24) is 0 Å². The third kappa shape index (κ3) is 2.75. The molecule has 0 atom stereocenters. The van der Waals surface area contributed by atoms with E-state index in [1.807, 2.05) is 48.5 Å². The maximum Gasteiger partial charge on any atom is 0.189 e. The minimum Gasteiger partial charge on any atom is -0.496 e. The molecule has 1 aliphatic rings. The largest absolute Gasteiger partial charge is 0.496 e. The minimum absolute atomic E-state index is 0.147. The summed E-state index contributed by atoms with van der Waals surface area (Å²) in [4.78, 5) is 12.7. The zero-order valence-electron chi connectivity index (χ0n) is 12.1. The number of carbonyl (C=O) groups is 1.